The van der Waals surface area contributed by atoms with Crippen molar-refractivity contribution >= 4 is 29.2 Å². The van der Waals surface area contributed by atoms with Gasteiger partial charge in [0.2, 0.25) is 0 Å². The van der Waals surface area contributed by atoms with E-state index in [-0.39, 0.29) is 12.6 Å². The Hall–Kier alpha value is -2.83. The van der Waals surface area contributed by atoms with Crippen LogP contribution in [0.5, 0.6) is 0 Å². The molecule has 0 radical (unpaired) electrons. The van der Waals surface area contributed by atoms with Crippen LogP contribution in [-0.2, 0) is 16.0 Å². The molecule has 1 N–H and O–H groups in total. The van der Waals surface area contributed by atoms with E-state index in [1.54, 1.807) is 4.90 Å². The number of amides is 1. The van der Waals surface area contributed by atoms with E-state index in [9.17, 15) is 4.79 Å². The van der Waals surface area contributed by atoms with Crippen molar-refractivity contribution in [3.05, 3.63) is 36.0 Å². The van der Waals surface area contributed by atoms with E-state index >= 15 is 0 Å². The number of hydrogen-bond donors (Lipinski definition) is 1. The molecule has 0 saturated carbocycles. The Morgan fingerprint density at radius 3 is 2.30 bits per heavy atom. The topological polar surface area (TPSA) is 83.0 Å². The SMILES string of the molecule is CC.CCc1cnc2cc(N3CCN(C(=O)OC(C)(C)C)CC3)ccc2c1.O=CO. The molecule has 1 amide bonds. The second-order valence-corrected chi connectivity index (χ2v) is 7.63. The van der Waals surface area contributed by atoms with Gasteiger partial charge in [0.25, 0.3) is 6.47 Å². The van der Waals surface area contributed by atoms with Gasteiger partial charge in [-0.25, -0.2) is 4.79 Å². The number of anilines is 1. The predicted octanol–water partition coefficient (Wildman–Crippen LogP) is 4.58. The summed E-state index contributed by atoms with van der Waals surface area (Å²) < 4.78 is 5.46. The number of hydrogen-bond acceptors (Lipinski definition) is 5. The smallest absolute Gasteiger partial charge is 0.410 e. The van der Waals surface area contributed by atoms with Crippen molar-refractivity contribution in [3.8, 4) is 0 Å². The minimum atomic E-state index is -0.449. The zero-order valence-corrected chi connectivity index (χ0v) is 19.0. The van der Waals surface area contributed by atoms with Crippen molar-refractivity contribution in [3.63, 3.8) is 0 Å². The number of carboxylic acid groups (broad SMARTS) is 1. The Morgan fingerprint density at radius 1 is 1.17 bits per heavy atom. The van der Waals surface area contributed by atoms with Gasteiger partial charge in [-0.1, -0.05) is 26.8 Å². The molecule has 2 aromatic rings. The van der Waals surface area contributed by atoms with Gasteiger partial charge in [0, 0.05) is 43.4 Å². The molecule has 0 aliphatic carbocycles. The van der Waals surface area contributed by atoms with Crippen LogP contribution in [-0.4, -0.2) is 59.3 Å². The Bertz CT molecular complexity index is 810. The molecule has 1 fully saturated rings. The lowest BCUT2D eigenvalue weighted by molar-refractivity contribution is -0.122. The van der Waals surface area contributed by atoms with Crippen LogP contribution in [0, 0.1) is 0 Å². The van der Waals surface area contributed by atoms with Crippen LogP contribution in [0.2, 0.25) is 0 Å². The molecule has 30 heavy (non-hydrogen) atoms. The fourth-order valence-corrected chi connectivity index (χ4v) is 3.02. The molecule has 7 nitrogen and oxygen atoms in total. The van der Waals surface area contributed by atoms with Crippen LogP contribution < -0.4 is 4.90 Å². The summed E-state index contributed by atoms with van der Waals surface area (Å²) in [6, 6.07) is 8.62. The number of pyridine rings is 1. The lowest BCUT2D eigenvalue weighted by Gasteiger charge is -2.36. The van der Waals surface area contributed by atoms with Gasteiger partial charge in [0.15, 0.2) is 0 Å². The summed E-state index contributed by atoms with van der Waals surface area (Å²) in [5.41, 5.74) is 2.99. The van der Waals surface area contributed by atoms with E-state index < -0.39 is 5.60 Å². The van der Waals surface area contributed by atoms with E-state index in [1.807, 2.05) is 40.8 Å². The summed E-state index contributed by atoms with van der Waals surface area (Å²) >= 11 is 0. The minimum Gasteiger partial charge on any atom is -0.483 e. The number of nitrogens with zero attached hydrogens (tertiary/aromatic N) is 3. The maximum Gasteiger partial charge on any atom is 0.410 e. The van der Waals surface area contributed by atoms with Crippen molar-refractivity contribution in [2.24, 2.45) is 0 Å². The summed E-state index contributed by atoms with van der Waals surface area (Å²) in [4.78, 5) is 29.2. The van der Waals surface area contributed by atoms with Gasteiger partial charge >= 0.3 is 6.09 Å². The zero-order chi connectivity index (χ0) is 22.7. The second kappa shape index (κ2) is 12.0. The number of benzene rings is 1. The van der Waals surface area contributed by atoms with Gasteiger partial charge in [-0.05, 0) is 51.0 Å². The van der Waals surface area contributed by atoms with E-state index in [1.165, 1.54) is 10.9 Å². The standard InChI is InChI=1S/C20H27N3O2.C2H6.CH2O2/c1-5-15-12-16-6-7-17(13-18(16)21-14-15)22-8-10-23(11-9-22)19(24)25-20(2,3)4;1-2;2-1-3/h6-7,12-14H,5,8-11H2,1-4H3;1-2H3;1H,(H,2,3). The molecular weight excluding hydrogens is 382 g/mol. The van der Waals surface area contributed by atoms with Crippen molar-refractivity contribution in [2.75, 3.05) is 31.1 Å². The van der Waals surface area contributed by atoms with Crippen LogP contribution in [0.1, 0.15) is 47.1 Å². The molecule has 2 heterocycles. The number of rotatable bonds is 2. The Kier molecular flexibility index (Phi) is 10.1. The number of ether oxygens (including phenoxy) is 1. The molecule has 7 heteroatoms. The molecular formula is C23H35N3O4. The first-order chi connectivity index (χ1) is 14.3. The fourth-order valence-electron chi connectivity index (χ4n) is 3.02. The number of carbonyl (C=O) groups is 2. The fraction of sp³-hybridized carbons (Fsp3) is 0.522. The number of fused-ring (bicyclic) bond motifs is 1. The Morgan fingerprint density at radius 2 is 1.77 bits per heavy atom. The molecule has 1 aromatic carbocycles. The highest BCUT2D eigenvalue weighted by Gasteiger charge is 2.26. The molecule has 0 bridgehead atoms. The highest BCUT2D eigenvalue weighted by Crippen LogP contribution is 2.23. The molecule has 1 saturated heterocycles. The zero-order valence-electron chi connectivity index (χ0n) is 19.0. The number of aromatic nitrogens is 1. The van der Waals surface area contributed by atoms with Crippen molar-refractivity contribution < 1.29 is 19.4 Å². The normalized spacial score (nSPS) is 13.5. The van der Waals surface area contributed by atoms with Gasteiger partial charge in [0.05, 0.1) is 5.52 Å². The van der Waals surface area contributed by atoms with Crippen molar-refractivity contribution in [1.29, 1.82) is 0 Å². The molecule has 1 aromatic heterocycles. The summed E-state index contributed by atoms with van der Waals surface area (Å²) in [5, 5.41) is 8.07. The number of carbonyl (C=O) groups excluding carboxylic acids is 1. The molecule has 0 spiro atoms. The quantitative estimate of drug-likeness (QED) is 0.720. The average Bonchev–Trinajstić information content (AvgIpc) is 2.74. The van der Waals surface area contributed by atoms with Gasteiger partial charge < -0.3 is 19.6 Å². The van der Waals surface area contributed by atoms with Gasteiger partial charge in [0.1, 0.15) is 5.60 Å². The summed E-state index contributed by atoms with van der Waals surface area (Å²) in [7, 11) is 0. The van der Waals surface area contributed by atoms with Gasteiger partial charge in [-0.2, -0.15) is 0 Å². The van der Waals surface area contributed by atoms with Crippen LogP contribution in [0.4, 0.5) is 10.5 Å². The minimum absolute atomic E-state index is 0.223. The van der Waals surface area contributed by atoms with Crippen LogP contribution >= 0.6 is 0 Å². The third-order valence-corrected chi connectivity index (χ3v) is 4.43. The highest BCUT2D eigenvalue weighted by atomic mass is 16.6. The summed E-state index contributed by atoms with van der Waals surface area (Å²) in [6.07, 6.45) is 2.73. The molecule has 0 atom stereocenters. The highest BCUT2D eigenvalue weighted by molar-refractivity contribution is 5.83. The average molecular weight is 418 g/mol. The molecule has 0 unspecified atom stereocenters. The monoisotopic (exact) mass is 417 g/mol. The maximum absolute atomic E-state index is 12.2. The Labute approximate surface area is 179 Å². The first kappa shape index (κ1) is 25.2. The third-order valence-electron chi connectivity index (χ3n) is 4.43. The summed E-state index contributed by atoms with van der Waals surface area (Å²) in [5.74, 6) is 0. The molecule has 3 rings (SSSR count). The lowest BCUT2D eigenvalue weighted by atomic mass is 10.1. The first-order valence-corrected chi connectivity index (χ1v) is 10.5. The van der Waals surface area contributed by atoms with Crippen molar-refractivity contribution in [2.45, 2.75) is 53.6 Å². The van der Waals surface area contributed by atoms with Crippen LogP contribution in [0.3, 0.4) is 0 Å². The number of piperazine rings is 1. The maximum atomic E-state index is 12.2. The van der Waals surface area contributed by atoms with E-state index in [0.29, 0.717) is 13.1 Å². The van der Waals surface area contributed by atoms with Crippen LogP contribution in [0.25, 0.3) is 10.9 Å². The molecule has 1 aliphatic rings. The van der Waals surface area contributed by atoms with E-state index in [4.69, 9.17) is 14.6 Å². The van der Waals surface area contributed by atoms with Gasteiger partial charge in [-0.3, -0.25) is 9.78 Å². The Balaban J connectivity index is 0.000000826. The van der Waals surface area contributed by atoms with E-state index in [0.717, 1.165) is 30.7 Å². The number of aryl methyl sites for hydroxylation is 1. The van der Waals surface area contributed by atoms with Crippen LogP contribution in [0.15, 0.2) is 30.5 Å². The predicted molar refractivity (Wildman–Crippen MR) is 121 cm³/mol. The van der Waals surface area contributed by atoms with E-state index in [2.05, 4.69) is 41.1 Å². The largest absolute Gasteiger partial charge is 0.483 e. The van der Waals surface area contributed by atoms with Gasteiger partial charge in [-0.15, -0.1) is 0 Å². The molecule has 1 aliphatic heterocycles. The lowest BCUT2D eigenvalue weighted by Crippen LogP contribution is -2.50. The third kappa shape index (κ3) is 7.54. The molecule has 166 valence electrons. The second-order valence-electron chi connectivity index (χ2n) is 7.63. The first-order valence-electron chi connectivity index (χ1n) is 10.5. The van der Waals surface area contributed by atoms with Crippen molar-refractivity contribution in [1.82, 2.24) is 9.88 Å². The summed E-state index contributed by atoms with van der Waals surface area (Å²) in [6.45, 7) is 14.5.